The Morgan fingerprint density at radius 3 is 2.63 bits per heavy atom. The number of rotatable bonds is 7. The minimum Gasteiger partial charge on any atom is -0.493 e. The quantitative estimate of drug-likeness (QED) is 0.691. The van der Waals surface area contributed by atoms with Gasteiger partial charge in [0.25, 0.3) is 0 Å². The number of ether oxygens (including phenoxy) is 2. The highest BCUT2D eigenvalue weighted by Gasteiger charge is 2.14. The lowest BCUT2D eigenvalue weighted by Crippen LogP contribution is -2.28. The molecule has 0 bridgehead atoms. The van der Waals surface area contributed by atoms with E-state index in [1.807, 2.05) is 25.1 Å². The van der Waals surface area contributed by atoms with E-state index in [1.54, 1.807) is 38.5 Å². The number of carbonyl (C=O) groups is 1. The highest BCUT2D eigenvalue weighted by Crippen LogP contribution is 2.29. The van der Waals surface area contributed by atoms with E-state index in [-0.39, 0.29) is 24.9 Å². The van der Waals surface area contributed by atoms with Crippen molar-refractivity contribution in [1.82, 2.24) is 9.88 Å². The van der Waals surface area contributed by atoms with Gasteiger partial charge in [-0.3, -0.25) is 9.36 Å². The fraction of sp³-hybridized carbons (Fsp3) is 0.300. The monoisotopic (exact) mass is 370 g/mol. The molecule has 3 aromatic rings. The van der Waals surface area contributed by atoms with E-state index >= 15 is 0 Å². The van der Waals surface area contributed by atoms with E-state index in [0.29, 0.717) is 22.6 Å². The summed E-state index contributed by atoms with van der Waals surface area (Å²) in [6.07, 6.45) is 0.168. The number of methoxy groups -OCH3 is 2. The van der Waals surface area contributed by atoms with Crippen LogP contribution in [-0.4, -0.2) is 24.7 Å². The Balaban J connectivity index is 1.65. The normalized spacial score (nSPS) is 12.0. The molecule has 0 saturated carbocycles. The van der Waals surface area contributed by atoms with Crippen molar-refractivity contribution >= 4 is 17.0 Å². The third-order valence-corrected chi connectivity index (χ3v) is 4.42. The van der Waals surface area contributed by atoms with Crippen molar-refractivity contribution in [2.45, 2.75) is 25.9 Å². The first kappa shape index (κ1) is 18.6. The van der Waals surface area contributed by atoms with Crippen LogP contribution in [0.5, 0.6) is 11.5 Å². The Morgan fingerprint density at radius 1 is 1.15 bits per heavy atom. The van der Waals surface area contributed by atoms with Gasteiger partial charge >= 0.3 is 5.76 Å². The van der Waals surface area contributed by atoms with Crippen LogP contribution in [0.1, 0.15) is 24.9 Å². The van der Waals surface area contributed by atoms with Crippen molar-refractivity contribution < 1.29 is 18.7 Å². The average Bonchev–Trinajstić information content (AvgIpc) is 3.00. The predicted molar refractivity (Wildman–Crippen MR) is 101 cm³/mol. The number of oxazole rings is 1. The molecule has 0 aliphatic heterocycles. The van der Waals surface area contributed by atoms with Gasteiger partial charge in [-0.2, -0.15) is 0 Å². The summed E-state index contributed by atoms with van der Waals surface area (Å²) in [4.78, 5) is 24.3. The fourth-order valence-electron chi connectivity index (χ4n) is 2.96. The van der Waals surface area contributed by atoms with Crippen molar-refractivity contribution in [3.05, 3.63) is 58.6 Å². The van der Waals surface area contributed by atoms with E-state index in [9.17, 15) is 9.59 Å². The van der Waals surface area contributed by atoms with Crippen LogP contribution in [0.25, 0.3) is 11.1 Å². The molecule has 27 heavy (non-hydrogen) atoms. The lowest BCUT2D eigenvalue weighted by Gasteiger charge is -2.16. The standard InChI is InChI=1S/C20H22N2O5/c1-13(14-8-9-17(25-2)18(12-14)26-3)21-19(23)10-11-22-15-6-4-5-7-16(15)27-20(22)24/h4-9,12-13H,10-11H2,1-3H3,(H,21,23). The smallest absolute Gasteiger partial charge is 0.419 e. The number of para-hydroxylation sites is 2. The Kier molecular flexibility index (Phi) is 5.49. The summed E-state index contributed by atoms with van der Waals surface area (Å²) >= 11 is 0. The molecule has 1 unspecified atom stereocenters. The summed E-state index contributed by atoms with van der Waals surface area (Å²) in [6, 6.07) is 12.4. The summed E-state index contributed by atoms with van der Waals surface area (Å²) in [5.74, 6) is 0.616. The van der Waals surface area contributed by atoms with Crippen LogP contribution >= 0.6 is 0 Å². The van der Waals surface area contributed by atoms with Gasteiger partial charge in [-0.1, -0.05) is 18.2 Å². The van der Waals surface area contributed by atoms with Crippen LogP contribution in [0, 0.1) is 0 Å². The minimum absolute atomic E-state index is 0.158. The maximum absolute atomic E-state index is 12.3. The highest BCUT2D eigenvalue weighted by molar-refractivity contribution is 5.77. The van der Waals surface area contributed by atoms with Crippen molar-refractivity contribution in [3.8, 4) is 11.5 Å². The zero-order chi connectivity index (χ0) is 19.4. The topological polar surface area (TPSA) is 82.7 Å². The van der Waals surface area contributed by atoms with Gasteiger partial charge in [0.1, 0.15) is 0 Å². The molecule has 1 aromatic heterocycles. The molecule has 0 spiro atoms. The lowest BCUT2D eigenvalue weighted by molar-refractivity contribution is -0.121. The summed E-state index contributed by atoms with van der Waals surface area (Å²) in [6.45, 7) is 2.14. The molecule has 1 heterocycles. The summed E-state index contributed by atoms with van der Waals surface area (Å²) in [5, 5.41) is 2.93. The number of nitrogens with one attached hydrogen (secondary N) is 1. The number of carbonyl (C=O) groups excluding carboxylic acids is 1. The third-order valence-electron chi connectivity index (χ3n) is 4.42. The molecule has 0 radical (unpaired) electrons. The first-order chi connectivity index (χ1) is 13.0. The fourth-order valence-corrected chi connectivity index (χ4v) is 2.96. The van der Waals surface area contributed by atoms with Crippen molar-refractivity contribution in [1.29, 1.82) is 0 Å². The lowest BCUT2D eigenvalue weighted by atomic mass is 10.1. The molecule has 0 fully saturated rings. The number of aromatic nitrogens is 1. The number of fused-ring (bicyclic) bond motifs is 1. The van der Waals surface area contributed by atoms with Crippen LogP contribution in [0.3, 0.4) is 0 Å². The molecule has 7 heteroatoms. The molecular formula is C20H22N2O5. The van der Waals surface area contributed by atoms with E-state index < -0.39 is 5.76 Å². The second kappa shape index (κ2) is 7.99. The van der Waals surface area contributed by atoms with Gasteiger partial charge in [0.15, 0.2) is 17.1 Å². The molecule has 1 atom stereocenters. The Morgan fingerprint density at radius 2 is 1.89 bits per heavy atom. The van der Waals surface area contributed by atoms with Gasteiger partial charge in [-0.25, -0.2) is 4.79 Å². The van der Waals surface area contributed by atoms with E-state index in [0.717, 1.165) is 5.56 Å². The maximum Gasteiger partial charge on any atom is 0.419 e. The average molecular weight is 370 g/mol. The Bertz CT molecular complexity index is 1010. The molecule has 142 valence electrons. The minimum atomic E-state index is -0.461. The molecule has 7 nitrogen and oxygen atoms in total. The molecule has 0 aliphatic carbocycles. The van der Waals surface area contributed by atoms with Gasteiger partial charge < -0.3 is 19.2 Å². The molecule has 2 aromatic carbocycles. The molecule has 0 aliphatic rings. The predicted octanol–water partition coefficient (Wildman–Crippen LogP) is 2.88. The number of hydrogen-bond acceptors (Lipinski definition) is 5. The van der Waals surface area contributed by atoms with Crippen LogP contribution in [-0.2, 0) is 11.3 Å². The van der Waals surface area contributed by atoms with Crippen LogP contribution in [0.2, 0.25) is 0 Å². The maximum atomic E-state index is 12.3. The van der Waals surface area contributed by atoms with E-state index in [4.69, 9.17) is 13.9 Å². The van der Waals surface area contributed by atoms with Gasteiger partial charge in [0, 0.05) is 13.0 Å². The number of hydrogen-bond donors (Lipinski definition) is 1. The molecular weight excluding hydrogens is 348 g/mol. The second-order valence-electron chi connectivity index (χ2n) is 6.14. The Hall–Kier alpha value is -3.22. The molecule has 1 N–H and O–H groups in total. The van der Waals surface area contributed by atoms with Gasteiger partial charge in [0.05, 0.1) is 25.8 Å². The van der Waals surface area contributed by atoms with Crippen LogP contribution < -0.4 is 20.5 Å². The summed E-state index contributed by atoms with van der Waals surface area (Å²) in [5.41, 5.74) is 2.09. The van der Waals surface area contributed by atoms with Gasteiger partial charge in [-0.05, 0) is 36.8 Å². The molecule has 0 saturated heterocycles. The van der Waals surface area contributed by atoms with Crippen molar-refractivity contribution in [2.75, 3.05) is 14.2 Å². The first-order valence-electron chi connectivity index (χ1n) is 8.63. The number of nitrogens with zero attached hydrogens (tertiary/aromatic N) is 1. The van der Waals surface area contributed by atoms with Gasteiger partial charge in [-0.15, -0.1) is 0 Å². The highest BCUT2D eigenvalue weighted by atomic mass is 16.5. The van der Waals surface area contributed by atoms with E-state index in [2.05, 4.69) is 5.32 Å². The Labute approximate surface area is 156 Å². The van der Waals surface area contributed by atoms with Gasteiger partial charge in [0.2, 0.25) is 5.91 Å². The number of aryl methyl sites for hydroxylation is 1. The first-order valence-corrected chi connectivity index (χ1v) is 8.63. The van der Waals surface area contributed by atoms with Crippen LogP contribution in [0.4, 0.5) is 0 Å². The second-order valence-corrected chi connectivity index (χ2v) is 6.14. The van der Waals surface area contributed by atoms with E-state index in [1.165, 1.54) is 4.57 Å². The largest absolute Gasteiger partial charge is 0.493 e. The third kappa shape index (κ3) is 3.97. The molecule has 1 amide bonds. The zero-order valence-electron chi connectivity index (χ0n) is 15.5. The van der Waals surface area contributed by atoms with Crippen molar-refractivity contribution in [2.24, 2.45) is 0 Å². The van der Waals surface area contributed by atoms with Crippen LogP contribution in [0.15, 0.2) is 51.7 Å². The summed E-state index contributed by atoms with van der Waals surface area (Å²) < 4.78 is 17.2. The SMILES string of the molecule is COc1ccc(C(C)NC(=O)CCn2c(=O)oc3ccccc32)cc1OC. The zero-order valence-corrected chi connectivity index (χ0v) is 15.5. The number of amides is 1. The van der Waals surface area contributed by atoms with Crippen molar-refractivity contribution in [3.63, 3.8) is 0 Å². The number of benzene rings is 2. The molecule has 3 rings (SSSR count). The summed E-state index contributed by atoms with van der Waals surface area (Å²) in [7, 11) is 3.14.